The van der Waals surface area contributed by atoms with Gasteiger partial charge in [-0.3, -0.25) is 4.79 Å². The Morgan fingerprint density at radius 1 is 1.42 bits per heavy atom. The number of thioether (sulfide) groups is 1. The molecule has 0 unspecified atom stereocenters. The summed E-state index contributed by atoms with van der Waals surface area (Å²) in [5.74, 6) is -0.00802. The molecule has 0 saturated heterocycles. The number of aryl methyl sites for hydroxylation is 1. The first-order valence-corrected chi connectivity index (χ1v) is 6.56. The van der Waals surface area contributed by atoms with Gasteiger partial charge in [0.1, 0.15) is 0 Å². The smallest absolute Gasteiger partial charge is 0.296 e. The quantitative estimate of drug-likeness (QED) is 0.631. The van der Waals surface area contributed by atoms with Crippen LogP contribution in [0.5, 0.6) is 0 Å². The molecule has 0 N–H and O–H groups in total. The van der Waals surface area contributed by atoms with Gasteiger partial charge >= 0.3 is 0 Å². The Morgan fingerprint density at radius 3 is 2.89 bits per heavy atom. The van der Waals surface area contributed by atoms with E-state index in [2.05, 4.69) is 15.4 Å². The van der Waals surface area contributed by atoms with Crippen LogP contribution in [0.1, 0.15) is 5.56 Å². The van der Waals surface area contributed by atoms with E-state index in [1.165, 1.54) is 0 Å². The Balaban J connectivity index is 2.23. The van der Waals surface area contributed by atoms with E-state index in [-0.39, 0.29) is 5.75 Å². The summed E-state index contributed by atoms with van der Waals surface area (Å²) >= 11 is 1.15. The number of nitrogens with zero attached hydrogens (tertiary/aromatic N) is 4. The van der Waals surface area contributed by atoms with Gasteiger partial charge in [0.25, 0.3) is 5.91 Å². The van der Waals surface area contributed by atoms with Gasteiger partial charge in [-0.1, -0.05) is 35.5 Å². The van der Waals surface area contributed by atoms with Crippen LogP contribution in [-0.2, 0) is 11.8 Å². The molecule has 7 heteroatoms. The lowest BCUT2D eigenvalue weighted by atomic mass is 10.1. The number of benzene rings is 1. The Kier molecular flexibility index (Phi) is 4.06. The van der Waals surface area contributed by atoms with E-state index < -0.39 is 5.91 Å². The molecule has 1 heterocycles. The highest BCUT2D eigenvalue weighted by atomic mass is 32.2. The van der Waals surface area contributed by atoms with Crippen molar-refractivity contribution in [1.82, 2.24) is 14.8 Å². The molecule has 2 rings (SSSR count). The minimum Gasteiger partial charge on any atom is -0.305 e. The van der Waals surface area contributed by atoms with Gasteiger partial charge < -0.3 is 4.57 Å². The third-order valence-electron chi connectivity index (χ3n) is 2.54. The summed E-state index contributed by atoms with van der Waals surface area (Å²) in [5, 5.41) is 11.0. The van der Waals surface area contributed by atoms with Gasteiger partial charge in [-0.05, 0) is 13.0 Å². The highest BCUT2D eigenvalue weighted by Crippen LogP contribution is 2.23. The van der Waals surface area contributed by atoms with Crippen LogP contribution in [0.15, 0.2) is 34.6 Å². The molecule has 1 aromatic carbocycles. The molecule has 19 heavy (non-hydrogen) atoms. The lowest BCUT2D eigenvalue weighted by Gasteiger charge is -2.03. The molecule has 98 valence electrons. The highest BCUT2D eigenvalue weighted by Gasteiger charge is 2.12. The Bertz CT molecular complexity index is 624. The molecule has 2 aromatic rings. The largest absolute Gasteiger partial charge is 0.305 e. The number of rotatable bonds is 4. The summed E-state index contributed by atoms with van der Waals surface area (Å²) in [7, 11) is 1.82. The highest BCUT2D eigenvalue weighted by molar-refractivity contribution is 7.99. The van der Waals surface area contributed by atoms with Crippen LogP contribution < -0.4 is 0 Å². The minimum atomic E-state index is -0.704. The lowest BCUT2D eigenvalue weighted by Crippen LogP contribution is -1.99. The molecule has 0 aliphatic carbocycles. The lowest BCUT2D eigenvalue weighted by molar-refractivity contribution is -0.115. The molecule has 0 radical (unpaired) electrons. The van der Waals surface area contributed by atoms with Gasteiger partial charge in [-0.25, -0.2) is 0 Å². The normalized spacial score (nSPS) is 10.4. The van der Waals surface area contributed by atoms with Crippen molar-refractivity contribution in [3.63, 3.8) is 0 Å². The molecule has 1 amide bonds. The average molecular weight is 276 g/mol. The standard InChI is InChI=1S/C12H12N4O2S/c1-8-4-3-5-9(6-8)11-13-14-12(16(11)2)19-7-10(17)15-18/h3-6H,7H2,1-2H3. The summed E-state index contributed by atoms with van der Waals surface area (Å²) in [6.45, 7) is 2.00. The minimum absolute atomic E-state index is 0.0245. The summed E-state index contributed by atoms with van der Waals surface area (Å²) < 4.78 is 1.79. The van der Waals surface area contributed by atoms with Crippen molar-refractivity contribution in [2.75, 3.05) is 5.75 Å². The van der Waals surface area contributed by atoms with Crippen molar-refractivity contribution in [3.05, 3.63) is 34.7 Å². The molecule has 0 saturated carbocycles. The first kappa shape index (κ1) is 13.4. The maximum Gasteiger partial charge on any atom is 0.296 e. The fourth-order valence-corrected chi connectivity index (χ4v) is 2.31. The van der Waals surface area contributed by atoms with Crippen molar-refractivity contribution in [1.29, 1.82) is 0 Å². The van der Waals surface area contributed by atoms with Crippen molar-refractivity contribution in [2.24, 2.45) is 12.2 Å². The second kappa shape index (κ2) is 5.75. The monoisotopic (exact) mass is 276 g/mol. The van der Waals surface area contributed by atoms with Crippen LogP contribution in [0.2, 0.25) is 0 Å². The van der Waals surface area contributed by atoms with Crippen molar-refractivity contribution in [2.45, 2.75) is 12.1 Å². The number of carbonyl (C=O) groups is 1. The van der Waals surface area contributed by atoms with Crippen LogP contribution in [0.25, 0.3) is 11.4 Å². The number of aromatic nitrogens is 3. The molecule has 0 fully saturated rings. The van der Waals surface area contributed by atoms with E-state index in [9.17, 15) is 9.70 Å². The molecule has 0 aliphatic heterocycles. The van der Waals surface area contributed by atoms with Crippen molar-refractivity contribution >= 4 is 17.7 Å². The third-order valence-corrected chi connectivity index (χ3v) is 3.54. The predicted molar refractivity (Wildman–Crippen MR) is 72.7 cm³/mol. The van der Waals surface area contributed by atoms with E-state index in [4.69, 9.17) is 0 Å². The Hall–Kier alpha value is -2.02. The van der Waals surface area contributed by atoms with E-state index in [1.54, 1.807) is 4.57 Å². The van der Waals surface area contributed by atoms with E-state index in [0.717, 1.165) is 28.7 Å². The number of hydrogen-bond acceptors (Lipinski definition) is 5. The SMILES string of the molecule is Cc1cccc(-c2nnc(SCC(=O)N=O)n2C)c1. The average Bonchev–Trinajstić information content (AvgIpc) is 2.77. The van der Waals surface area contributed by atoms with Gasteiger partial charge in [-0.15, -0.1) is 15.1 Å². The fourth-order valence-electron chi connectivity index (χ4n) is 1.63. The van der Waals surface area contributed by atoms with Crippen LogP contribution in [0, 0.1) is 11.8 Å². The van der Waals surface area contributed by atoms with E-state index in [0.29, 0.717) is 5.16 Å². The fraction of sp³-hybridized carbons (Fsp3) is 0.250. The maximum atomic E-state index is 10.9. The molecular formula is C12H12N4O2S. The first-order valence-electron chi connectivity index (χ1n) is 5.57. The summed E-state index contributed by atoms with van der Waals surface area (Å²) in [5.41, 5.74) is 2.09. The molecule has 1 aromatic heterocycles. The topological polar surface area (TPSA) is 77.2 Å². The molecule has 0 bridgehead atoms. The van der Waals surface area contributed by atoms with Crippen molar-refractivity contribution < 1.29 is 4.79 Å². The predicted octanol–water partition coefficient (Wildman–Crippen LogP) is 2.18. The van der Waals surface area contributed by atoms with E-state index in [1.807, 2.05) is 38.2 Å². The Morgan fingerprint density at radius 2 is 2.21 bits per heavy atom. The summed E-state index contributed by atoms with van der Waals surface area (Å²) in [6.07, 6.45) is 0. The van der Waals surface area contributed by atoms with Crippen LogP contribution in [0.3, 0.4) is 0 Å². The number of carbonyl (C=O) groups excluding carboxylic acids is 1. The van der Waals surface area contributed by atoms with Crippen LogP contribution in [0.4, 0.5) is 0 Å². The van der Waals surface area contributed by atoms with Crippen molar-refractivity contribution in [3.8, 4) is 11.4 Å². The zero-order valence-electron chi connectivity index (χ0n) is 10.5. The Labute approximate surface area is 114 Å². The molecule has 6 nitrogen and oxygen atoms in total. The summed E-state index contributed by atoms with van der Waals surface area (Å²) in [6, 6.07) is 7.91. The van der Waals surface area contributed by atoms with Gasteiger partial charge in [0, 0.05) is 17.8 Å². The van der Waals surface area contributed by atoms with Crippen LogP contribution in [-0.4, -0.2) is 26.4 Å². The van der Waals surface area contributed by atoms with Crippen LogP contribution >= 0.6 is 11.8 Å². The second-order valence-electron chi connectivity index (χ2n) is 4.01. The zero-order chi connectivity index (χ0) is 13.8. The number of amides is 1. The first-order chi connectivity index (χ1) is 9.11. The zero-order valence-corrected chi connectivity index (χ0v) is 11.3. The van der Waals surface area contributed by atoms with E-state index >= 15 is 0 Å². The second-order valence-corrected chi connectivity index (χ2v) is 4.95. The van der Waals surface area contributed by atoms with Gasteiger partial charge in [0.15, 0.2) is 11.0 Å². The number of nitroso groups, excluding NO2 is 1. The number of hydrogen-bond donors (Lipinski definition) is 0. The molecular weight excluding hydrogens is 264 g/mol. The molecule has 0 atom stereocenters. The van der Waals surface area contributed by atoms with Gasteiger partial charge in [-0.2, -0.15) is 0 Å². The maximum absolute atomic E-state index is 10.9. The van der Waals surface area contributed by atoms with Gasteiger partial charge in [0.05, 0.1) is 5.75 Å². The molecule has 0 spiro atoms. The van der Waals surface area contributed by atoms with Gasteiger partial charge in [0.2, 0.25) is 0 Å². The third kappa shape index (κ3) is 3.05. The summed E-state index contributed by atoms with van der Waals surface area (Å²) in [4.78, 5) is 20.9. The molecule has 0 aliphatic rings.